The Labute approximate surface area is 117 Å². The van der Waals surface area contributed by atoms with Gasteiger partial charge in [-0.05, 0) is 50.3 Å². The van der Waals surface area contributed by atoms with Crippen LogP contribution in [0.2, 0.25) is 0 Å². The summed E-state index contributed by atoms with van der Waals surface area (Å²) in [6.45, 7) is 1.77. The second-order valence-electron chi connectivity index (χ2n) is 5.41. The van der Waals surface area contributed by atoms with E-state index >= 15 is 0 Å². The maximum Gasteiger partial charge on any atom is 0.254 e. The van der Waals surface area contributed by atoms with E-state index in [0.717, 1.165) is 5.56 Å². The van der Waals surface area contributed by atoms with Gasteiger partial charge in [0.2, 0.25) is 5.91 Å². The third-order valence-electron chi connectivity index (χ3n) is 3.83. The molecule has 1 aliphatic rings. The van der Waals surface area contributed by atoms with Gasteiger partial charge in [-0.15, -0.1) is 0 Å². The van der Waals surface area contributed by atoms with E-state index in [-0.39, 0.29) is 23.4 Å². The molecule has 0 radical (unpaired) electrons. The van der Waals surface area contributed by atoms with E-state index in [1.165, 1.54) is 12.1 Å². The molecule has 0 heterocycles. The molecule has 0 aliphatic heterocycles. The molecule has 0 aromatic heterocycles. The molecular weight excluding hydrogens is 259 g/mol. The topological polar surface area (TPSA) is 72.2 Å². The fourth-order valence-corrected chi connectivity index (χ4v) is 2.59. The molecule has 0 atom stereocenters. The molecule has 0 bridgehead atoms. The summed E-state index contributed by atoms with van der Waals surface area (Å²) in [6, 6.07) is 4.54. The van der Waals surface area contributed by atoms with Crippen molar-refractivity contribution in [1.82, 2.24) is 5.32 Å². The number of nitrogens with two attached hydrogens (primary N) is 1. The first kappa shape index (κ1) is 14.5. The van der Waals surface area contributed by atoms with Crippen LogP contribution < -0.4 is 11.1 Å². The lowest BCUT2D eigenvalue weighted by molar-refractivity contribution is -0.122. The summed E-state index contributed by atoms with van der Waals surface area (Å²) in [6.07, 6.45) is 2.76. The molecule has 3 N–H and O–H groups in total. The van der Waals surface area contributed by atoms with Crippen LogP contribution in [0.5, 0.6) is 0 Å². The molecule has 1 fully saturated rings. The Morgan fingerprint density at radius 2 is 1.90 bits per heavy atom. The van der Waals surface area contributed by atoms with E-state index in [1.54, 1.807) is 13.0 Å². The Morgan fingerprint density at radius 1 is 1.25 bits per heavy atom. The number of amides is 2. The number of hydrogen-bond donors (Lipinski definition) is 2. The van der Waals surface area contributed by atoms with Crippen molar-refractivity contribution in [1.29, 1.82) is 0 Å². The average molecular weight is 278 g/mol. The van der Waals surface area contributed by atoms with Gasteiger partial charge in [-0.3, -0.25) is 9.59 Å². The second kappa shape index (κ2) is 6.03. The zero-order valence-electron chi connectivity index (χ0n) is 11.5. The highest BCUT2D eigenvalue weighted by Gasteiger charge is 2.26. The second-order valence-corrected chi connectivity index (χ2v) is 5.41. The van der Waals surface area contributed by atoms with Gasteiger partial charge in [-0.1, -0.05) is 6.07 Å². The lowest BCUT2D eigenvalue weighted by Crippen LogP contribution is -2.40. The summed E-state index contributed by atoms with van der Waals surface area (Å²) in [4.78, 5) is 23.1. The van der Waals surface area contributed by atoms with Crippen molar-refractivity contribution in [2.75, 3.05) is 0 Å². The lowest BCUT2D eigenvalue weighted by atomic mass is 9.85. The summed E-state index contributed by atoms with van der Waals surface area (Å²) in [7, 11) is 0. The Kier molecular flexibility index (Phi) is 4.37. The van der Waals surface area contributed by atoms with Crippen molar-refractivity contribution in [3.63, 3.8) is 0 Å². The summed E-state index contributed by atoms with van der Waals surface area (Å²) in [5, 5.41) is 2.82. The summed E-state index contributed by atoms with van der Waals surface area (Å²) in [5.41, 5.74) is 6.10. The molecule has 1 saturated carbocycles. The van der Waals surface area contributed by atoms with Gasteiger partial charge in [-0.2, -0.15) is 0 Å². The van der Waals surface area contributed by atoms with Gasteiger partial charge in [0.1, 0.15) is 5.82 Å². The van der Waals surface area contributed by atoms with E-state index in [4.69, 9.17) is 5.73 Å². The highest BCUT2D eigenvalue weighted by molar-refractivity contribution is 5.94. The van der Waals surface area contributed by atoms with Crippen LogP contribution >= 0.6 is 0 Å². The molecule has 2 rings (SSSR count). The number of hydrogen-bond acceptors (Lipinski definition) is 2. The number of nitrogens with one attached hydrogen (secondary N) is 1. The monoisotopic (exact) mass is 278 g/mol. The van der Waals surface area contributed by atoms with Crippen LogP contribution in [0, 0.1) is 18.7 Å². The molecule has 0 unspecified atom stereocenters. The number of aryl methyl sites for hydroxylation is 1. The molecule has 2 amide bonds. The molecule has 4 nitrogen and oxygen atoms in total. The van der Waals surface area contributed by atoms with Crippen LogP contribution in [0.3, 0.4) is 0 Å². The maximum atomic E-state index is 13.7. The van der Waals surface area contributed by atoms with Gasteiger partial charge < -0.3 is 11.1 Å². The predicted octanol–water partition coefficient (Wildman–Crippen LogP) is 1.91. The SMILES string of the molecule is Cc1ccc(C(=O)NC2CCC(C(N)=O)CC2)c(F)c1. The first-order chi connectivity index (χ1) is 9.47. The van der Waals surface area contributed by atoms with E-state index in [1.807, 2.05) is 0 Å². The molecule has 108 valence electrons. The highest BCUT2D eigenvalue weighted by Crippen LogP contribution is 2.24. The van der Waals surface area contributed by atoms with Gasteiger partial charge in [0.25, 0.3) is 5.91 Å². The van der Waals surface area contributed by atoms with Gasteiger partial charge in [0.05, 0.1) is 5.56 Å². The Balaban J connectivity index is 1.94. The molecule has 5 heteroatoms. The minimum Gasteiger partial charge on any atom is -0.369 e. The minimum absolute atomic E-state index is 0.0150. The standard InChI is InChI=1S/C15H19FN2O2/c1-9-2-7-12(13(16)8-9)15(20)18-11-5-3-10(4-6-11)14(17)19/h2,7-8,10-11H,3-6H2,1H3,(H2,17,19)(H,18,20). The van der Waals surface area contributed by atoms with Crippen LogP contribution in [-0.4, -0.2) is 17.9 Å². The van der Waals surface area contributed by atoms with Crippen molar-refractivity contribution >= 4 is 11.8 Å². The van der Waals surface area contributed by atoms with Crippen molar-refractivity contribution in [2.24, 2.45) is 11.7 Å². The van der Waals surface area contributed by atoms with Crippen molar-refractivity contribution in [3.8, 4) is 0 Å². The maximum absolute atomic E-state index is 13.7. The molecule has 1 aliphatic carbocycles. The largest absolute Gasteiger partial charge is 0.369 e. The van der Waals surface area contributed by atoms with E-state index in [2.05, 4.69) is 5.32 Å². The average Bonchev–Trinajstić information content (AvgIpc) is 2.39. The van der Waals surface area contributed by atoms with E-state index in [0.29, 0.717) is 25.7 Å². The first-order valence-corrected chi connectivity index (χ1v) is 6.83. The smallest absolute Gasteiger partial charge is 0.254 e. The van der Waals surface area contributed by atoms with Crippen molar-refractivity contribution in [3.05, 3.63) is 35.1 Å². The number of halogens is 1. The Hall–Kier alpha value is -1.91. The first-order valence-electron chi connectivity index (χ1n) is 6.83. The van der Waals surface area contributed by atoms with Crippen LogP contribution in [0.4, 0.5) is 4.39 Å². The number of benzene rings is 1. The number of carbonyl (C=O) groups excluding carboxylic acids is 2. The molecule has 0 saturated heterocycles. The van der Waals surface area contributed by atoms with Gasteiger partial charge in [0.15, 0.2) is 0 Å². The Bertz CT molecular complexity index is 523. The summed E-state index contributed by atoms with van der Waals surface area (Å²) in [5.74, 6) is -1.28. The van der Waals surface area contributed by atoms with E-state index < -0.39 is 11.7 Å². The molecule has 0 spiro atoms. The summed E-state index contributed by atoms with van der Waals surface area (Å²) >= 11 is 0. The number of primary amides is 1. The zero-order valence-corrected chi connectivity index (χ0v) is 11.5. The molecule has 20 heavy (non-hydrogen) atoms. The van der Waals surface area contributed by atoms with Crippen molar-refractivity contribution < 1.29 is 14.0 Å². The van der Waals surface area contributed by atoms with Crippen LogP contribution in [0.25, 0.3) is 0 Å². The fraction of sp³-hybridized carbons (Fsp3) is 0.467. The molecule has 1 aromatic carbocycles. The third-order valence-corrected chi connectivity index (χ3v) is 3.83. The van der Waals surface area contributed by atoms with Crippen LogP contribution in [0.1, 0.15) is 41.6 Å². The van der Waals surface area contributed by atoms with Gasteiger partial charge in [-0.25, -0.2) is 4.39 Å². The normalized spacial score (nSPS) is 22.3. The third kappa shape index (κ3) is 3.35. The van der Waals surface area contributed by atoms with Crippen LogP contribution in [0.15, 0.2) is 18.2 Å². The number of rotatable bonds is 3. The highest BCUT2D eigenvalue weighted by atomic mass is 19.1. The fourth-order valence-electron chi connectivity index (χ4n) is 2.59. The summed E-state index contributed by atoms with van der Waals surface area (Å²) < 4.78 is 13.7. The Morgan fingerprint density at radius 3 is 2.45 bits per heavy atom. The molecular formula is C15H19FN2O2. The van der Waals surface area contributed by atoms with Gasteiger partial charge >= 0.3 is 0 Å². The van der Waals surface area contributed by atoms with Gasteiger partial charge in [0, 0.05) is 12.0 Å². The minimum atomic E-state index is -0.506. The molecule has 1 aromatic rings. The van der Waals surface area contributed by atoms with Crippen molar-refractivity contribution in [2.45, 2.75) is 38.6 Å². The predicted molar refractivity (Wildman–Crippen MR) is 73.5 cm³/mol. The van der Waals surface area contributed by atoms with Crippen LogP contribution in [-0.2, 0) is 4.79 Å². The number of carbonyl (C=O) groups is 2. The lowest BCUT2D eigenvalue weighted by Gasteiger charge is -2.27. The quantitative estimate of drug-likeness (QED) is 0.886. The zero-order chi connectivity index (χ0) is 14.7. The van der Waals surface area contributed by atoms with E-state index in [9.17, 15) is 14.0 Å².